The molecule has 0 saturated heterocycles. The average Bonchev–Trinajstić information content (AvgIpc) is 2.46. The van der Waals surface area contributed by atoms with Gasteiger partial charge in [-0.1, -0.05) is 37.6 Å². The van der Waals surface area contributed by atoms with Gasteiger partial charge in [0.2, 0.25) is 5.91 Å². The maximum Gasteiger partial charge on any atom is 0.246 e. The number of benzene rings is 1. The molecule has 1 amide bonds. The second-order valence-electron chi connectivity index (χ2n) is 5.42. The second-order valence-corrected chi connectivity index (χ2v) is 5.42. The van der Waals surface area contributed by atoms with Gasteiger partial charge in [-0.05, 0) is 43.9 Å². The highest BCUT2D eigenvalue weighted by Gasteiger charge is 2.18. The van der Waals surface area contributed by atoms with E-state index in [0.29, 0.717) is 6.54 Å². The number of nitrogens with zero attached hydrogens (tertiary/aromatic N) is 1. The lowest BCUT2D eigenvalue weighted by Gasteiger charge is -2.29. The van der Waals surface area contributed by atoms with Gasteiger partial charge in [0.05, 0.1) is 6.61 Å². The molecular weight excluding hydrogens is 262 g/mol. The molecule has 0 spiro atoms. The molecule has 0 aliphatic carbocycles. The van der Waals surface area contributed by atoms with Gasteiger partial charge in [-0.2, -0.15) is 0 Å². The number of aliphatic hydroxyl groups excluding tert-OH is 1. The normalized spacial score (nSPS) is 11.3. The molecule has 3 nitrogen and oxygen atoms in total. The third kappa shape index (κ3) is 5.01. The molecule has 1 aromatic carbocycles. The van der Waals surface area contributed by atoms with E-state index >= 15 is 0 Å². The molecular formula is C18H27NO2. The Morgan fingerprint density at radius 1 is 1.29 bits per heavy atom. The van der Waals surface area contributed by atoms with Gasteiger partial charge >= 0.3 is 0 Å². The molecule has 21 heavy (non-hydrogen) atoms. The maximum atomic E-state index is 12.4. The molecule has 1 rings (SSSR count). The number of hydrogen-bond acceptors (Lipinski definition) is 2. The van der Waals surface area contributed by atoms with Crippen molar-refractivity contribution in [3.8, 4) is 0 Å². The molecule has 0 bridgehead atoms. The summed E-state index contributed by atoms with van der Waals surface area (Å²) in [6.07, 6.45) is 5.29. The van der Waals surface area contributed by atoms with Gasteiger partial charge in [0, 0.05) is 18.7 Å². The highest BCUT2D eigenvalue weighted by atomic mass is 16.3. The summed E-state index contributed by atoms with van der Waals surface area (Å²) in [4.78, 5) is 14.1. The summed E-state index contributed by atoms with van der Waals surface area (Å²) in [6.45, 7) is 8.63. The molecule has 0 fully saturated rings. The number of hydrogen-bond donors (Lipinski definition) is 1. The Balaban J connectivity index is 2.87. The van der Waals surface area contributed by atoms with Gasteiger partial charge in [0.25, 0.3) is 0 Å². The summed E-state index contributed by atoms with van der Waals surface area (Å²) in [5.41, 5.74) is 3.44. The lowest BCUT2D eigenvalue weighted by Crippen LogP contribution is -2.40. The van der Waals surface area contributed by atoms with Crippen LogP contribution in [-0.4, -0.2) is 35.1 Å². The van der Waals surface area contributed by atoms with Crippen molar-refractivity contribution in [2.75, 3.05) is 13.2 Å². The zero-order valence-corrected chi connectivity index (χ0v) is 13.6. The fraction of sp³-hybridized carbons (Fsp3) is 0.500. The topological polar surface area (TPSA) is 40.5 Å². The first-order chi connectivity index (χ1) is 10.0. The van der Waals surface area contributed by atoms with Crippen molar-refractivity contribution < 1.29 is 9.90 Å². The summed E-state index contributed by atoms with van der Waals surface area (Å²) < 4.78 is 0. The number of aryl methyl sites for hydroxylation is 2. The van der Waals surface area contributed by atoms with Gasteiger partial charge in [-0.3, -0.25) is 4.79 Å². The molecule has 1 N–H and O–H groups in total. The summed E-state index contributed by atoms with van der Waals surface area (Å²) >= 11 is 0. The molecule has 0 heterocycles. The number of carbonyl (C=O) groups excluding carboxylic acids is 1. The van der Waals surface area contributed by atoms with E-state index in [1.54, 1.807) is 11.0 Å². The van der Waals surface area contributed by atoms with E-state index in [0.717, 1.165) is 24.0 Å². The third-order valence-electron chi connectivity index (χ3n) is 3.84. The highest BCUT2D eigenvalue weighted by Crippen LogP contribution is 2.14. The van der Waals surface area contributed by atoms with Crippen LogP contribution in [0.2, 0.25) is 0 Å². The molecule has 0 unspecified atom stereocenters. The van der Waals surface area contributed by atoms with E-state index < -0.39 is 0 Å². The molecule has 0 radical (unpaired) electrons. The first-order valence-electron chi connectivity index (χ1n) is 7.70. The maximum absolute atomic E-state index is 12.4. The Bertz CT molecular complexity index is 490. The molecule has 116 valence electrons. The van der Waals surface area contributed by atoms with Crippen LogP contribution in [0.3, 0.4) is 0 Å². The fourth-order valence-corrected chi connectivity index (χ4v) is 2.58. The molecule has 0 saturated carbocycles. The van der Waals surface area contributed by atoms with E-state index in [2.05, 4.69) is 26.8 Å². The Morgan fingerprint density at radius 3 is 2.48 bits per heavy atom. The van der Waals surface area contributed by atoms with Crippen LogP contribution in [0.15, 0.2) is 24.3 Å². The Kier molecular flexibility index (Phi) is 7.17. The summed E-state index contributed by atoms with van der Waals surface area (Å²) in [6, 6.07) is 6.37. The predicted octanol–water partition coefficient (Wildman–Crippen LogP) is 3.33. The summed E-state index contributed by atoms with van der Waals surface area (Å²) in [5.74, 6) is -0.0299. The van der Waals surface area contributed by atoms with Crippen molar-refractivity contribution in [3.63, 3.8) is 0 Å². The van der Waals surface area contributed by atoms with Gasteiger partial charge < -0.3 is 10.0 Å². The van der Waals surface area contributed by atoms with Gasteiger partial charge in [-0.15, -0.1) is 0 Å². The minimum absolute atomic E-state index is 0.000358. The highest BCUT2D eigenvalue weighted by molar-refractivity contribution is 5.92. The lowest BCUT2D eigenvalue weighted by atomic mass is 10.1. The quantitative estimate of drug-likeness (QED) is 0.782. The Labute approximate surface area is 128 Å². The van der Waals surface area contributed by atoms with Gasteiger partial charge in [0.15, 0.2) is 0 Å². The van der Waals surface area contributed by atoms with Crippen LogP contribution in [0.1, 0.15) is 43.4 Å². The van der Waals surface area contributed by atoms with Crippen molar-refractivity contribution in [3.05, 3.63) is 41.0 Å². The van der Waals surface area contributed by atoms with Crippen LogP contribution in [0.4, 0.5) is 0 Å². The fourth-order valence-electron chi connectivity index (χ4n) is 2.58. The van der Waals surface area contributed by atoms with Crippen molar-refractivity contribution >= 4 is 12.0 Å². The second kappa shape index (κ2) is 8.63. The number of amides is 1. The third-order valence-corrected chi connectivity index (χ3v) is 3.84. The zero-order chi connectivity index (χ0) is 15.8. The van der Waals surface area contributed by atoms with Crippen LogP contribution in [0, 0.1) is 13.8 Å². The van der Waals surface area contributed by atoms with Crippen LogP contribution in [0.5, 0.6) is 0 Å². The first-order valence-corrected chi connectivity index (χ1v) is 7.70. The van der Waals surface area contributed by atoms with E-state index in [1.807, 2.05) is 25.1 Å². The van der Waals surface area contributed by atoms with Crippen LogP contribution in [-0.2, 0) is 4.79 Å². The zero-order valence-electron chi connectivity index (χ0n) is 13.6. The van der Waals surface area contributed by atoms with E-state index in [1.165, 1.54) is 5.56 Å². The Morgan fingerprint density at radius 2 is 1.95 bits per heavy atom. The van der Waals surface area contributed by atoms with E-state index in [9.17, 15) is 4.79 Å². The van der Waals surface area contributed by atoms with Crippen molar-refractivity contribution in [1.82, 2.24) is 4.90 Å². The predicted molar refractivity (Wildman–Crippen MR) is 88.1 cm³/mol. The summed E-state index contributed by atoms with van der Waals surface area (Å²) in [5, 5.41) is 9.17. The molecule has 0 aromatic heterocycles. The lowest BCUT2D eigenvalue weighted by molar-refractivity contribution is -0.128. The van der Waals surface area contributed by atoms with Crippen LogP contribution < -0.4 is 0 Å². The smallest absolute Gasteiger partial charge is 0.246 e. The Hall–Kier alpha value is -1.61. The molecule has 0 aliphatic heterocycles. The van der Waals surface area contributed by atoms with Crippen LogP contribution >= 0.6 is 0 Å². The van der Waals surface area contributed by atoms with Gasteiger partial charge in [0.1, 0.15) is 0 Å². The minimum atomic E-state index is -0.0299. The van der Waals surface area contributed by atoms with Gasteiger partial charge in [-0.25, -0.2) is 0 Å². The monoisotopic (exact) mass is 289 g/mol. The van der Waals surface area contributed by atoms with E-state index in [4.69, 9.17) is 5.11 Å². The molecule has 1 aromatic rings. The van der Waals surface area contributed by atoms with Crippen molar-refractivity contribution in [2.45, 2.75) is 46.6 Å². The first kappa shape index (κ1) is 17.4. The molecule has 3 heteroatoms. The average molecular weight is 289 g/mol. The SMILES string of the molecule is CCC(CC)N(CCO)C(=O)C=Cc1ccc(C)cc1C. The standard InChI is InChI=1S/C18H27NO2/c1-5-17(6-2)19(11-12-20)18(21)10-9-16-8-7-14(3)13-15(16)4/h7-10,13,17,20H,5-6,11-12H2,1-4H3. The largest absolute Gasteiger partial charge is 0.395 e. The molecule has 0 aliphatic rings. The van der Waals surface area contributed by atoms with Crippen molar-refractivity contribution in [1.29, 1.82) is 0 Å². The number of aliphatic hydroxyl groups is 1. The number of carbonyl (C=O) groups is 1. The molecule has 0 atom stereocenters. The van der Waals surface area contributed by atoms with Crippen molar-refractivity contribution in [2.24, 2.45) is 0 Å². The number of rotatable bonds is 7. The minimum Gasteiger partial charge on any atom is -0.395 e. The van der Waals surface area contributed by atoms with E-state index in [-0.39, 0.29) is 18.6 Å². The summed E-state index contributed by atoms with van der Waals surface area (Å²) in [7, 11) is 0. The van der Waals surface area contributed by atoms with Crippen LogP contribution in [0.25, 0.3) is 6.08 Å².